The Morgan fingerprint density at radius 2 is 2.28 bits per heavy atom. The smallest absolute Gasteiger partial charge is 0.318 e. The van der Waals surface area contributed by atoms with Gasteiger partial charge in [-0.15, -0.1) is 0 Å². The van der Waals surface area contributed by atoms with Crippen LogP contribution in [0.15, 0.2) is 24.5 Å². The van der Waals surface area contributed by atoms with Gasteiger partial charge in [0.25, 0.3) is 0 Å². The Morgan fingerprint density at radius 1 is 1.48 bits per heavy atom. The van der Waals surface area contributed by atoms with Crippen LogP contribution in [-0.4, -0.2) is 45.5 Å². The summed E-state index contributed by atoms with van der Waals surface area (Å²) < 4.78 is 20.9. The molecular formula is C17H22FN5O2. The minimum atomic E-state index is -0.314. The van der Waals surface area contributed by atoms with E-state index in [0.29, 0.717) is 31.1 Å². The van der Waals surface area contributed by atoms with Crippen LogP contribution in [-0.2, 0) is 11.8 Å². The predicted molar refractivity (Wildman–Crippen MR) is 89.4 cm³/mol. The highest BCUT2D eigenvalue weighted by Crippen LogP contribution is 2.23. The number of rotatable bonds is 3. The molecule has 0 unspecified atom stereocenters. The summed E-state index contributed by atoms with van der Waals surface area (Å²) in [6.07, 6.45) is 1.46. The number of carbonyl (C=O) groups is 1. The van der Waals surface area contributed by atoms with Crippen LogP contribution in [0, 0.1) is 12.7 Å². The Bertz CT molecular complexity index is 763. The molecule has 0 aliphatic carbocycles. The summed E-state index contributed by atoms with van der Waals surface area (Å²) in [5, 5.41) is 6.99. The second kappa shape index (κ2) is 7.18. The monoisotopic (exact) mass is 347 g/mol. The van der Waals surface area contributed by atoms with Gasteiger partial charge in [0.15, 0.2) is 5.82 Å². The van der Waals surface area contributed by atoms with Crippen molar-refractivity contribution in [2.24, 2.45) is 7.05 Å². The second-order valence-corrected chi connectivity index (χ2v) is 6.21. The lowest BCUT2D eigenvalue weighted by Gasteiger charge is -2.35. The topological polar surface area (TPSA) is 72.3 Å². The number of aromatic nitrogens is 3. The van der Waals surface area contributed by atoms with Crippen molar-refractivity contribution in [1.82, 2.24) is 25.0 Å². The normalized spacial score (nSPS) is 18.9. The van der Waals surface area contributed by atoms with E-state index in [-0.39, 0.29) is 23.9 Å². The highest BCUT2D eigenvalue weighted by Gasteiger charge is 2.32. The fraction of sp³-hybridized carbons (Fsp3) is 0.471. The largest absolute Gasteiger partial charge is 0.377 e. The van der Waals surface area contributed by atoms with Crippen molar-refractivity contribution in [3.8, 4) is 0 Å². The SMILES string of the molecule is Cc1ccc([C@H](C)NC(=O)N2CCOC[C@H]2c2ncnn2C)cc1F. The highest BCUT2D eigenvalue weighted by atomic mass is 19.1. The molecular weight excluding hydrogens is 325 g/mol. The number of carbonyl (C=O) groups excluding carboxylic acids is 1. The van der Waals surface area contributed by atoms with E-state index in [9.17, 15) is 9.18 Å². The maximum Gasteiger partial charge on any atom is 0.318 e. The lowest BCUT2D eigenvalue weighted by atomic mass is 10.1. The molecule has 134 valence electrons. The molecule has 1 saturated heterocycles. The number of halogens is 1. The molecule has 25 heavy (non-hydrogen) atoms. The molecule has 0 saturated carbocycles. The Kier molecular flexibility index (Phi) is 4.98. The first kappa shape index (κ1) is 17.3. The minimum absolute atomic E-state index is 0.232. The lowest BCUT2D eigenvalue weighted by molar-refractivity contribution is 0.00692. The molecule has 1 N–H and O–H groups in total. The molecule has 2 heterocycles. The van der Waals surface area contributed by atoms with Crippen LogP contribution in [0.4, 0.5) is 9.18 Å². The maximum atomic E-state index is 13.8. The summed E-state index contributed by atoms with van der Waals surface area (Å²) in [6, 6.07) is 4.14. The van der Waals surface area contributed by atoms with Crippen LogP contribution < -0.4 is 5.32 Å². The minimum Gasteiger partial charge on any atom is -0.377 e. The fourth-order valence-electron chi connectivity index (χ4n) is 2.90. The van der Waals surface area contributed by atoms with E-state index < -0.39 is 0 Å². The van der Waals surface area contributed by atoms with Gasteiger partial charge in [0, 0.05) is 13.6 Å². The third-order valence-electron chi connectivity index (χ3n) is 4.47. The van der Waals surface area contributed by atoms with Crippen molar-refractivity contribution in [1.29, 1.82) is 0 Å². The van der Waals surface area contributed by atoms with Crippen LogP contribution >= 0.6 is 0 Å². The van der Waals surface area contributed by atoms with Gasteiger partial charge < -0.3 is 15.0 Å². The molecule has 1 aromatic carbocycles. The summed E-state index contributed by atoms with van der Waals surface area (Å²) >= 11 is 0. The zero-order valence-electron chi connectivity index (χ0n) is 14.6. The van der Waals surface area contributed by atoms with Gasteiger partial charge in [-0.2, -0.15) is 5.10 Å². The third kappa shape index (κ3) is 3.63. The first-order valence-corrected chi connectivity index (χ1v) is 8.22. The molecule has 0 spiro atoms. The molecule has 7 nitrogen and oxygen atoms in total. The molecule has 0 radical (unpaired) electrons. The Labute approximate surface area is 145 Å². The third-order valence-corrected chi connectivity index (χ3v) is 4.47. The summed E-state index contributed by atoms with van der Waals surface area (Å²) in [5.74, 6) is 0.394. The second-order valence-electron chi connectivity index (χ2n) is 6.21. The summed E-state index contributed by atoms with van der Waals surface area (Å²) in [4.78, 5) is 18.7. The van der Waals surface area contributed by atoms with E-state index in [4.69, 9.17) is 4.74 Å². The van der Waals surface area contributed by atoms with E-state index >= 15 is 0 Å². The van der Waals surface area contributed by atoms with Gasteiger partial charge >= 0.3 is 6.03 Å². The van der Waals surface area contributed by atoms with E-state index in [1.54, 1.807) is 29.6 Å². The summed E-state index contributed by atoms with van der Waals surface area (Å²) in [7, 11) is 1.78. The van der Waals surface area contributed by atoms with Gasteiger partial charge in [-0.05, 0) is 31.0 Å². The number of amides is 2. The van der Waals surface area contributed by atoms with Crippen molar-refractivity contribution in [3.05, 3.63) is 47.3 Å². The Balaban J connectivity index is 1.74. The predicted octanol–water partition coefficient (Wildman–Crippen LogP) is 2.11. The molecule has 2 amide bonds. The van der Waals surface area contributed by atoms with E-state index in [1.165, 1.54) is 12.4 Å². The highest BCUT2D eigenvalue weighted by molar-refractivity contribution is 5.75. The zero-order chi connectivity index (χ0) is 18.0. The number of hydrogen-bond acceptors (Lipinski definition) is 4. The van der Waals surface area contributed by atoms with E-state index in [2.05, 4.69) is 15.4 Å². The molecule has 1 aliphatic rings. The van der Waals surface area contributed by atoms with Crippen molar-refractivity contribution in [2.45, 2.75) is 25.9 Å². The number of nitrogens with zero attached hydrogens (tertiary/aromatic N) is 4. The molecule has 8 heteroatoms. The first-order chi connectivity index (χ1) is 12.0. The molecule has 2 aromatic rings. The molecule has 1 fully saturated rings. The van der Waals surface area contributed by atoms with Gasteiger partial charge in [0.1, 0.15) is 18.2 Å². The number of hydrogen-bond donors (Lipinski definition) is 1. The Morgan fingerprint density at radius 3 is 2.96 bits per heavy atom. The van der Waals surface area contributed by atoms with Gasteiger partial charge in [-0.25, -0.2) is 14.2 Å². The van der Waals surface area contributed by atoms with Gasteiger partial charge in [-0.3, -0.25) is 4.68 Å². The average Bonchev–Trinajstić information content (AvgIpc) is 3.03. The summed E-state index contributed by atoms with van der Waals surface area (Å²) in [6.45, 7) is 4.84. The van der Waals surface area contributed by atoms with Crippen LogP contribution in [0.5, 0.6) is 0 Å². The summed E-state index contributed by atoms with van der Waals surface area (Å²) in [5.41, 5.74) is 1.30. The van der Waals surface area contributed by atoms with Gasteiger partial charge in [0.05, 0.1) is 19.3 Å². The average molecular weight is 347 g/mol. The molecule has 1 aliphatic heterocycles. The van der Waals surface area contributed by atoms with Crippen molar-refractivity contribution >= 4 is 6.03 Å². The fourth-order valence-corrected chi connectivity index (χ4v) is 2.90. The van der Waals surface area contributed by atoms with Gasteiger partial charge in [0.2, 0.25) is 0 Å². The first-order valence-electron chi connectivity index (χ1n) is 8.22. The van der Waals surface area contributed by atoms with Crippen molar-refractivity contribution < 1.29 is 13.9 Å². The number of benzene rings is 1. The van der Waals surface area contributed by atoms with Gasteiger partial charge in [-0.1, -0.05) is 12.1 Å². The number of aryl methyl sites for hydroxylation is 2. The van der Waals surface area contributed by atoms with Crippen LogP contribution in [0.3, 0.4) is 0 Å². The van der Waals surface area contributed by atoms with Crippen molar-refractivity contribution in [2.75, 3.05) is 19.8 Å². The number of morpholine rings is 1. The van der Waals surface area contributed by atoms with Crippen LogP contribution in [0.2, 0.25) is 0 Å². The molecule has 1 aromatic heterocycles. The van der Waals surface area contributed by atoms with Crippen molar-refractivity contribution in [3.63, 3.8) is 0 Å². The Hall–Kier alpha value is -2.48. The lowest BCUT2D eigenvalue weighted by Crippen LogP contribution is -2.49. The number of urea groups is 1. The quantitative estimate of drug-likeness (QED) is 0.923. The number of ether oxygens (including phenoxy) is 1. The standard InChI is InChI=1S/C17H22FN5O2/c1-11-4-5-13(8-14(11)18)12(2)21-17(24)23-6-7-25-9-15(23)16-19-10-20-22(16)3/h4-5,8,10,12,15H,6-7,9H2,1-3H3,(H,21,24)/t12-,15-/m0/s1. The van der Waals surface area contributed by atoms with E-state index in [0.717, 1.165) is 5.56 Å². The van der Waals surface area contributed by atoms with E-state index in [1.807, 2.05) is 13.0 Å². The molecule has 3 rings (SSSR count). The maximum absolute atomic E-state index is 13.8. The molecule has 0 bridgehead atoms. The number of nitrogens with one attached hydrogen (secondary N) is 1. The molecule has 2 atom stereocenters. The van der Waals surface area contributed by atoms with Crippen LogP contribution in [0.1, 0.15) is 36.0 Å². The van der Waals surface area contributed by atoms with Crippen LogP contribution in [0.25, 0.3) is 0 Å². The zero-order valence-corrected chi connectivity index (χ0v) is 14.6.